The van der Waals surface area contributed by atoms with Gasteiger partial charge in [0, 0.05) is 12.1 Å². The summed E-state index contributed by atoms with van der Waals surface area (Å²) in [5.41, 5.74) is 6.10. The fraction of sp³-hybridized carbons (Fsp3) is 0.714. The minimum Gasteiger partial charge on any atom is -0.468 e. The molecule has 1 rings (SSSR count). The highest BCUT2D eigenvalue weighted by atomic mass is 16.3. The van der Waals surface area contributed by atoms with E-state index in [1.807, 2.05) is 19.1 Å². The van der Waals surface area contributed by atoms with Crippen LogP contribution in [0.25, 0.3) is 0 Å². The fourth-order valence-electron chi connectivity index (χ4n) is 2.41. The van der Waals surface area contributed by atoms with E-state index < -0.39 is 0 Å². The van der Waals surface area contributed by atoms with E-state index in [4.69, 9.17) is 10.2 Å². The Balaban J connectivity index is 2.78. The molecule has 0 aliphatic carbocycles. The molecule has 3 heteroatoms. The Morgan fingerprint density at radius 1 is 1.29 bits per heavy atom. The maximum Gasteiger partial charge on any atom is 0.122 e. The second-order valence-corrected chi connectivity index (χ2v) is 5.46. The van der Waals surface area contributed by atoms with E-state index in [1.54, 1.807) is 6.26 Å². The highest BCUT2D eigenvalue weighted by molar-refractivity contribution is 5.07. The molecule has 1 heterocycles. The summed E-state index contributed by atoms with van der Waals surface area (Å²) in [5, 5.41) is 0. The van der Waals surface area contributed by atoms with Gasteiger partial charge in [-0.25, -0.2) is 0 Å². The van der Waals surface area contributed by atoms with Crippen LogP contribution in [0.5, 0.6) is 0 Å². The van der Waals surface area contributed by atoms with Crippen LogP contribution in [-0.2, 0) is 0 Å². The Kier molecular flexibility index (Phi) is 5.22. The van der Waals surface area contributed by atoms with Gasteiger partial charge in [-0.3, -0.25) is 4.90 Å². The van der Waals surface area contributed by atoms with E-state index in [2.05, 4.69) is 32.7 Å². The Labute approximate surface area is 105 Å². The van der Waals surface area contributed by atoms with Crippen LogP contribution in [-0.4, -0.2) is 24.0 Å². The van der Waals surface area contributed by atoms with Crippen molar-refractivity contribution in [2.75, 3.05) is 7.05 Å². The summed E-state index contributed by atoms with van der Waals surface area (Å²) in [4.78, 5) is 2.32. The number of nitrogens with zero attached hydrogens (tertiary/aromatic N) is 1. The van der Waals surface area contributed by atoms with Gasteiger partial charge in [0.2, 0.25) is 0 Å². The summed E-state index contributed by atoms with van der Waals surface area (Å²) < 4.78 is 5.51. The van der Waals surface area contributed by atoms with E-state index in [0.29, 0.717) is 12.0 Å². The molecule has 0 radical (unpaired) electrons. The van der Waals surface area contributed by atoms with E-state index >= 15 is 0 Å². The molecule has 0 aliphatic heterocycles. The number of hydrogen-bond acceptors (Lipinski definition) is 3. The maximum atomic E-state index is 6.10. The molecule has 2 N–H and O–H groups in total. The zero-order chi connectivity index (χ0) is 13.0. The second kappa shape index (κ2) is 6.22. The van der Waals surface area contributed by atoms with Crippen molar-refractivity contribution in [1.82, 2.24) is 4.90 Å². The lowest BCUT2D eigenvalue weighted by molar-refractivity contribution is 0.130. The van der Waals surface area contributed by atoms with Crippen LogP contribution in [0, 0.1) is 5.92 Å². The van der Waals surface area contributed by atoms with Crippen molar-refractivity contribution in [3.8, 4) is 0 Å². The predicted octanol–water partition coefficient (Wildman–Crippen LogP) is 3.03. The third-order valence-corrected chi connectivity index (χ3v) is 3.28. The van der Waals surface area contributed by atoms with Gasteiger partial charge in [-0.1, -0.05) is 13.8 Å². The first-order chi connectivity index (χ1) is 7.93. The average molecular weight is 238 g/mol. The van der Waals surface area contributed by atoms with Crippen LogP contribution in [0.2, 0.25) is 0 Å². The molecule has 3 nitrogen and oxygen atoms in total. The standard InChI is InChI=1S/C14H26N2O/c1-10(2)9-11(3)16(5)14(12(4)15)13-7-6-8-17-13/h6-8,10-12,14H,9,15H2,1-5H3. The van der Waals surface area contributed by atoms with Gasteiger partial charge < -0.3 is 10.2 Å². The van der Waals surface area contributed by atoms with Crippen LogP contribution < -0.4 is 5.73 Å². The highest BCUT2D eigenvalue weighted by Crippen LogP contribution is 2.26. The first-order valence-corrected chi connectivity index (χ1v) is 6.44. The molecule has 1 aromatic heterocycles. The summed E-state index contributed by atoms with van der Waals surface area (Å²) in [7, 11) is 2.13. The molecule has 0 spiro atoms. The monoisotopic (exact) mass is 238 g/mol. The Bertz CT molecular complexity index is 306. The smallest absolute Gasteiger partial charge is 0.122 e. The van der Waals surface area contributed by atoms with Crippen molar-refractivity contribution >= 4 is 0 Å². The first kappa shape index (κ1) is 14.3. The van der Waals surface area contributed by atoms with Crippen LogP contribution >= 0.6 is 0 Å². The molecule has 3 atom stereocenters. The van der Waals surface area contributed by atoms with Crippen molar-refractivity contribution in [3.63, 3.8) is 0 Å². The molecular formula is C14H26N2O. The lowest BCUT2D eigenvalue weighted by atomic mass is 9.99. The van der Waals surface area contributed by atoms with Crippen LogP contribution in [0.1, 0.15) is 45.9 Å². The van der Waals surface area contributed by atoms with Crippen molar-refractivity contribution < 1.29 is 4.42 Å². The number of hydrogen-bond donors (Lipinski definition) is 1. The maximum absolute atomic E-state index is 6.10. The Hall–Kier alpha value is -0.800. The van der Waals surface area contributed by atoms with Crippen molar-refractivity contribution in [2.24, 2.45) is 11.7 Å². The van der Waals surface area contributed by atoms with E-state index in [1.165, 1.54) is 6.42 Å². The quantitative estimate of drug-likeness (QED) is 0.828. The van der Waals surface area contributed by atoms with Crippen LogP contribution in [0.4, 0.5) is 0 Å². The lowest BCUT2D eigenvalue weighted by Crippen LogP contribution is -2.42. The normalized spacial score (nSPS) is 17.4. The summed E-state index contributed by atoms with van der Waals surface area (Å²) in [6, 6.07) is 4.63. The molecule has 3 unspecified atom stereocenters. The summed E-state index contributed by atoms with van der Waals surface area (Å²) in [6.45, 7) is 8.78. The third-order valence-electron chi connectivity index (χ3n) is 3.28. The van der Waals surface area contributed by atoms with Gasteiger partial charge in [0.15, 0.2) is 0 Å². The number of rotatable bonds is 6. The molecule has 17 heavy (non-hydrogen) atoms. The van der Waals surface area contributed by atoms with Gasteiger partial charge in [-0.05, 0) is 45.4 Å². The topological polar surface area (TPSA) is 42.4 Å². The average Bonchev–Trinajstić information content (AvgIpc) is 2.69. The van der Waals surface area contributed by atoms with Gasteiger partial charge >= 0.3 is 0 Å². The van der Waals surface area contributed by atoms with Gasteiger partial charge in [0.05, 0.1) is 12.3 Å². The van der Waals surface area contributed by atoms with E-state index in [0.717, 1.165) is 5.76 Å². The molecule has 0 fully saturated rings. The number of nitrogens with two attached hydrogens (primary N) is 1. The highest BCUT2D eigenvalue weighted by Gasteiger charge is 2.27. The molecule has 0 aliphatic rings. The first-order valence-electron chi connectivity index (χ1n) is 6.44. The molecule has 0 amide bonds. The van der Waals surface area contributed by atoms with E-state index in [-0.39, 0.29) is 12.1 Å². The molecule has 0 bridgehead atoms. The van der Waals surface area contributed by atoms with Crippen molar-refractivity contribution in [3.05, 3.63) is 24.2 Å². The SMILES string of the molecule is CC(C)CC(C)N(C)C(c1ccco1)C(C)N. The van der Waals surface area contributed by atoms with Crippen LogP contribution in [0.15, 0.2) is 22.8 Å². The third kappa shape index (κ3) is 3.86. The van der Waals surface area contributed by atoms with Gasteiger partial charge in [0.1, 0.15) is 5.76 Å². The second-order valence-electron chi connectivity index (χ2n) is 5.46. The fourth-order valence-corrected chi connectivity index (χ4v) is 2.41. The Morgan fingerprint density at radius 2 is 1.94 bits per heavy atom. The molecule has 0 aromatic carbocycles. The predicted molar refractivity (Wildman–Crippen MR) is 71.8 cm³/mol. The summed E-state index contributed by atoms with van der Waals surface area (Å²) in [5.74, 6) is 1.65. The molecule has 0 saturated heterocycles. The minimum atomic E-state index is 0.0563. The summed E-state index contributed by atoms with van der Waals surface area (Å²) in [6.07, 6.45) is 2.88. The molecule has 98 valence electrons. The number of likely N-dealkylation sites (N-methyl/N-ethyl adjacent to an activating group) is 1. The van der Waals surface area contributed by atoms with Gasteiger partial charge in [0.25, 0.3) is 0 Å². The molecule has 0 saturated carbocycles. The van der Waals surface area contributed by atoms with Crippen molar-refractivity contribution in [2.45, 2.75) is 52.2 Å². The molecular weight excluding hydrogens is 212 g/mol. The number of furan rings is 1. The summed E-state index contributed by atoms with van der Waals surface area (Å²) >= 11 is 0. The van der Waals surface area contributed by atoms with Gasteiger partial charge in [-0.15, -0.1) is 0 Å². The zero-order valence-corrected chi connectivity index (χ0v) is 11.7. The van der Waals surface area contributed by atoms with Gasteiger partial charge in [-0.2, -0.15) is 0 Å². The Morgan fingerprint density at radius 3 is 2.35 bits per heavy atom. The molecule has 1 aromatic rings. The lowest BCUT2D eigenvalue weighted by Gasteiger charge is -2.35. The van der Waals surface area contributed by atoms with Crippen molar-refractivity contribution in [1.29, 1.82) is 0 Å². The van der Waals surface area contributed by atoms with Crippen LogP contribution in [0.3, 0.4) is 0 Å². The van der Waals surface area contributed by atoms with E-state index in [9.17, 15) is 0 Å². The minimum absolute atomic E-state index is 0.0563. The largest absolute Gasteiger partial charge is 0.468 e. The zero-order valence-electron chi connectivity index (χ0n) is 11.7.